The van der Waals surface area contributed by atoms with Crippen molar-refractivity contribution in [3.63, 3.8) is 0 Å². The zero-order chi connectivity index (χ0) is 10.8. The number of carbonyl (C=O) groups is 2. The molecular formula is C11H11NO2S. The average molecular weight is 221 g/mol. The normalized spacial score (nSPS) is 21.1. The summed E-state index contributed by atoms with van der Waals surface area (Å²) in [7, 11) is 1.63. The molecule has 3 nitrogen and oxygen atoms in total. The minimum Gasteiger partial charge on any atom is -0.284 e. The van der Waals surface area contributed by atoms with E-state index in [0.717, 1.165) is 17.5 Å². The smallest absolute Gasteiger partial charge is 0.244 e. The average Bonchev–Trinajstić information content (AvgIpc) is 2.47. The highest BCUT2D eigenvalue weighted by atomic mass is 32.2. The Morgan fingerprint density at radius 2 is 1.93 bits per heavy atom. The zero-order valence-electron chi connectivity index (χ0n) is 8.34. The Labute approximate surface area is 92.6 Å². The summed E-state index contributed by atoms with van der Waals surface area (Å²) in [5.74, 6) is -0.587. The minimum absolute atomic E-state index is 0.0497. The van der Waals surface area contributed by atoms with E-state index in [2.05, 4.69) is 0 Å². The fourth-order valence-corrected chi connectivity index (χ4v) is 2.38. The largest absolute Gasteiger partial charge is 0.284 e. The number of hydrogen-bond acceptors (Lipinski definition) is 3. The van der Waals surface area contributed by atoms with Gasteiger partial charge in [0.1, 0.15) is 5.92 Å². The van der Waals surface area contributed by atoms with Gasteiger partial charge in [-0.15, -0.1) is 0 Å². The number of rotatable bonds is 2. The van der Waals surface area contributed by atoms with Gasteiger partial charge in [0.05, 0.1) is 0 Å². The lowest BCUT2D eigenvalue weighted by Crippen LogP contribution is -2.23. The summed E-state index contributed by atoms with van der Waals surface area (Å²) >= 11 is 1.00. The third-order valence-electron chi connectivity index (χ3n) is 2.40. The topological polar surface area (TPSA) is 37.4 Å². The summed E-state index contributed by atoms with van der Waals surface area (Å²) in [6.07, 6.45) is 0.510. The minimum atomic E-state index is -0.498. The van der Waals surface area contributed by atoms with Crippen LogP contribution in [0.15, 0.2) is 30.3 Å². The van der Waals surface area contributed by atoms with E-state index in [1.54, 1.807) is 7.05 Å². The molecule has 1 heterocycles. The zero-order valence-corrected chi connectivity index (χ0v) is 9.16. The molecule has 15 heavy (non-hydrogen) atoms. The molecule has 2 rings (SSSR count). The van der Waals surface area contributed by atoms with Crippen LogP contribution in [0.2, 0.25) is 0 Å². The standard InChI is InChI=1S/C11H11NO2S/c1-12-10(13)9(11(14)15-12)7-8-5-3-2-4-6-8/h2-6,9H,7H2,1H3. The first-order valence-corrected chi connectivity index (χ1v) is 5.49. The number of amides is 1. The van der Waals surface area contributed by atoms with Crippen LogP contribution < -0.4 is 0 Å². The Bertz CT molecular complexity index is 391. The maximum Gasteiger partial charge on any atom is 0.244 e. The Morgan fingerprint density at radius 3 is 2.47 bits per heavy atom. The molecule has 78 valence electrons. The quantitative estimate of drug-likeness (QED) is 0.561. The van der Waals surface area contributed by atoms with Crippen LogP contribution in [-0.2, 0) is 16.0 Å². The molecule has 0 N–H and O–H groups in total. The maximum absolute atomic E-state index is 11.6. The maximum atomic E-state index is 11.6. The Hall–Kier alpha value is -1.29. The third kappa shape index (κ3) is 2.04. The van der Waals surface area contributed by atoms with Crippen LogP contribution in [-0.4, -0.2) is 22.4 Å². The van der Waals surface area contributed by atoms with Gasteiger partial charge in [0.2, 0.25) is 11.0 Å². The van der Waals surface area contributed by atoms with E-state index < -0.39 is 5.92 Å². The van der Waals surface area contributed by atoms with Gasteiger partial charge in [-0.3, -0.25) is 13.9 Å². The predicted octanol–water partition coefficient (Wildman–Crippen LogP) is 1.49. The molecule has 1 aromatic rings. The molecule has 0 aromatic heterocycles. The van der Waals surface area contributed by atoms with Gasteiger partial charge >= 0.3 is 0 Å². The number of carbonyl (C=O) groups excluding carboxylic acids is 2. The first-order valence-electron chi connectivity index (χ1n) is 4.72. The summed E-state index contributed by atoms with van der Waals surface area (Å²) in [6.45, 7) is 0. The van der Waals surface area contributed by atoms with Crippen LogP contribution >= 0.6 is 11.9 Å². The molecule has 0 spiro atoms. The lowest BCUT2D eigenvalue weighted by atomic mass is 10.00. The molecule has 1 aliphatic heterocycles. The summed E-state index contributed by atoms with van der Waals surface area (Å²) in [6, 6.07) is 9.61. The summed E-state index contributed by atoms with van der Waals surface area (Å²) < 4.78 is 1.41. The molecule has 4 heteroatoms. The molecule has 0 bridgehead atoms. The van der Waals surface area contributed by atoms with Crippen LogP contribution in [0.5, 0.6) is 0 Å². The van der Waals surface area contributed by atoms with Gasteiger partial charge in [-0.05, 0) is 12.0 Å². The molecule has 1 unspecified atom stereocenters. The molecule has 1 fully saturated rings. The highest BCUT2D eigenvalue weighted by molar-refractivity contribution is 8.12. The first kappa shape index (κ1) is 10.2. The highest BCUT2D eigenvalue weighted by Gasteiger charge is 2.38. The third-order valence-corrected chi connectivity index (χ3v) is 3.32. The second-order valence-corrected chi connectivity index (χ2v) is 4.62. The highest BCUT2D eigenvalue weighted by Crippen LogP contribution is 2.28. The van der Waals surface area contributed by atoms with E-state index in [0.29, 0.717) is 6.42 Å². The van der Waals surface area contributed by atoms with Crippen molar-refractivity contribution in [3.05, 3.63) is 35.9 Å². The Kier molecular flexibility index (Phi) is 2.77. The van der Waals surface area contributed by atoms with Gasteiger partial charge in [0.15, 0.2) is 0 Å². The Balaban J connectivity index is 2.13. The monoisotopic (exact) mass is 221 g/mol. The van der Waals surface area contributed by atoms with Gasteiger partial charge in [-0.1, -0.05) is 30.3 Å². The first-order chi connectivity index (χ1) is 7.18. The van der Waals surface area contributed by atoms with Gasteiger partial charge in [0, 0.05) is 19.0 Å². The molecule has 1 aromatic carbocycles. The number of hydrogen-bond donors (Lipinski definition) is 0. The fraction of sp³-hybridized carbons (Fsp3) is 0.273. The fourth-order valence-electron chi connectivity index (χ4n) is 1.58. The van der Waals surface area contributed by atoms with Crippen molar-refractivity contribution in [2.45, 2.75) is 6.42 Å². The van der Waals surface area contributed by atoms with Gasteiger partial charge in [-0.2, -0.15) is 0 Å². The van der Waals surface area contributed by atoms with Gasteiger partial charge < -0.3 is 0 Å². The molecule has 1 amide bonds. The molecule has 0 saturated carbocycles. The van der Waals surface area contributed by atoms with E-state index in [-0.39, 0.29) is 11.0 Å². The van der Waals surface area contributed by atoms with Crippen molar-refractivity contribution in [1.29, 1.82) is 0 Å². The van der Waals surface area contributed by atoms with Crippen LogP contribution in [0.1, 0.15) is 5.56 Å². The molecular weight excluding hydrogens is 210 g/mol. The van der Waals surface area contributed by atoms with Crippen LogP contribution in [0.4, 0.5) is 0 Å². The van der Waals surface area contributed by atoms with E-state index in [1.165, 1.54) is 4.31 Å². The summed E-state index contributed by atoms with van der Waals surface area (Å²) in [5.41, 5.74) is 1.03. The number of benzene rings is 1. The van der Waals surface area contributed by atoms with Crippen LogP contribution in [0.25, 0.3) is 0 Å². The van der Waals surface area contributed by atoms with Crippen molar-refractivity contribution >= 4 is 23.0 Å². The molecule has 1 aliphatic rings. The van der Waals surface area contributed by atoms with Crippen molar-refractivity contribution in [1.82, 2.24) is 4.31 Å². The summed E-state index contributed by atoms with van der Waals surface area (Å²) in [4.78, 5) is 23.1. The lowest BCUT2D eigenvalue weighted by molar-refractivity contribution is -0.131. The van der Waals surface area contributed by atoms with Crippen LogP contribution in [0, 0.1) is 5.92 Å². The predicted molar refractivity (Wildman–Crippen MR) is 59.0 cm³/mol. The van der Waals surface area contributed by atoms with Crippen LogP contribution in [0.3, 0.4) is 0 Å². The van der Waals surface area contributed by atoms with E-state index in [4.69, 9.17) is 0 Å². The Morgan fingerprint density at radius 1 is 1.27 bits per heavy atom. The second-order valence-electron chi connectivity index (χ2n) is 3.49. The van der Waals surface area contributed by atoms with Gasteiger partial charge in [0.25, 0.3) is 0 Å². The van der Waals surface area contributed by atoms with Crippen molar-refractivity contribution in [2.75, 3.05) is 7.05 Å². The molecule has 0 aliphatic carbocycles. The molecule has 1 saturated heterocycles. The lowest BCUT2D eigenvalue weighted by Gasteiger charge is -2.06. The second kappa shape index (κ2) is 4.06. The molecule has 0 radical (unpaired) electrons. The van der Waals surface area contributed by atoms with Crippen molar-refractivity contribution < 1.29 is 9.59 Å². The van der Waals surface area contributed by atoms with Crippen molar-refractivity contribution in [3.8, 4) is 0 Å². The SMILES string of the molecule is CN1SC(=O)C(Cc2ccccc2)C1=O. The van der Waals surface area contributed by atoms with Crippen molar-refractivity contribution in [2.24, 2.45) is 5.92 Å². The van der Waals surface area contributed by atoms with Gasteiger partial charge in [-0.25, -0.2) is 0 Å². The summed E-state index contributed by atoms with van der Waals surface area (Å²) in [5, 5.41) is -0.0497. The van der Waals surface area contributed by atoms with E-state index in [9.17, 15) is 9.59 Å². The molecule has 1 atom stereocenters. The van der Waals surface area contributed by atoms with E-state index in [1.807, 2.05) is 30.3 Å². The van der Waals surface area contributed by atoms with E-state index >= 15 is 0 Å². The number of nitrogens with zero attached hydrogens (tertiary/aromatic N) is 1.